The predicted molar refractivity (Wildman–Crippen MR) is 94.3 cm³/mol. The Balaban J connectivity index is 1.49. The molecule has 1 heterocycles. The van der Waals surface area contributed by atoms with E-state index in [0.717, 1.165) is 31.7 Å². The van der Waals surface area contributed by atoms with Gasteiger partial charge in [0, 0.05) is 11.6 Å². The fourth-order valence-electron chi connectivity index (χ4n) is 3.87. The van der Waals surface area contributed by atoms with Crippen LogP contribution in [0.25, 0.3) is 0 Å². The first kappa shape index (κ1) is 18.1. The van der Waals surface area contributed by atoms with E-state index in [1.54, 1.807) is 0 Å². The normalized spacial score (nSPS) is 18.0. The molecule has 2 saturated carbocycles. The molecule has 144 valence electrons. The number of rotatable bonds is 5. The van der Waals surface area contributed by atoms with Gasteiger partial charge >= 0.3 is 6.18 Å². The second-order valence-electron chi connectivity index (χ2n) is 7.44. The van der Waals surface area contributed by atoms with Gasteiger partial charge in [0.05, 0.1) is 29.4 Å². The van der Waals surface area contributed by atoms with Crippen LogP contribution < -0.4 is 5.32 Å². The summed E-state index contributed by atoms with van der Waals surface area (Å²) in [6.45, 7) is 0.129. The summed E-state index contributed by atoms with van der Waals surface area (Å²) in [6, 6.07) is 7.26. The van der Waals surface area contributed by atoms with Gasteiger partial charge in [0.15, 0.2) is 0 Å². The largest absolute Gasteiger partial charge is 0.417 e. The number of carbonyl (C=O) groups excluding carboxylic acids is 1. The van der Waals surface area contributed by atoms with Crippen molar-refractivity contribution in [3.8, 4) is 0 Å². The standard InChI is InChI=1S/C20H22F3N3O/c21-20(22,23)17-8-4-3-7-16(17)19(27)24-12-14-11-18(13-9-10-13)26(25-14)15-5-1-2-6-15/h3-4,7-8,11,13,15H,1-2,5-6,9-10,12H2,(H,24,27). The van der Waals surface area contributed by atoms with Crippen molar-refractivity contribution >= 4 is 5.91 Å². The summed E-state index contributed by atoms with van der Waals surface area (Å²) in [7, 11) is 0. The molecule has 2 aliphatic carbocycles. The van der Waals surface area contributed by atoms with Crippen molar-refractivity contribution in [1.82, 2.24) is 15.1 Å². The number of carbonyl (C=O) groups is 1. The van der Waals surface area contributed by atoms with Crippen molar-refractivity contribution in [1.29, 1.82) is 0 Å². The lowest BCUT2D eigenvalue weighted by Gasteiger charge is -2.13. The summed E-state index contributed by atoms with van der Waals surface area (Å²) < 4.78 is 41.4. The molecule has 0 saturated heterocycles. The second-order valence-corrected chi connectivity index (χ2v) is 7.44. The lowest BCUT2D eigenvalue weighted by Crippen LogP contribution is -2.26. The van der Waals surface area contributed by atoms with Gasteiger partial charge in [-0.15, -0.1) is 0 Å². The van der Waals surface area contributed by atoms with Gasteiger partial charge in [-0.05, 0) is 43.9 Å². The molecule has 4 rings (SSSR count). The number of benzene rings is 1. The summed E-state index contributed by atoms with van der Waals surface area (Å²) in [5, 5.41) is 7.27. The molecule has 2 aromatic rings. The maximum atomic E-state index is 13.1. The molecule has 1 aromatic heterocycles. The Morgan fingerprint density at radius 3 is 2.52 bits per heavy atom. The first-order valence-corrected chi connectivity index (χ1v) is 9.46. The molecule has 7 heteroatoms. The molecule has 1 aromatic carbocycles. The molecular formula is C20H22F3N3O. The molecule has 4 nitrogen and oxygen atoms in total. The van der Waals surface area contributed by atoms with Crippen molar-refractivity contribution in [3.05, 3.63) is 52.8 Å². The molecule has 0 unspecified atom stereocenters. The van der Waals surface area contributed by atoms with E-state index >= 15 is 0 Å². The van der Waals surface area contributed by atoms with Crippen molar-refractivity contribution in [2.24, 2.45) is 0 Å². The van der Waals surface area contributed by atoms with Gasteiger partial charge < -0.3 is 5.32 Å². The molecule has 0 bridgehead atoms. The van der Waals surface area contributed by atoms with E-state index in [-0.39, 0.29) is 12.1 Å². The van der Waals surface area contributed by atoms with E-state index in [0.29, 0.717) is 17.7 Å². The van der Waals surface area contributed by atoms with E-state index < -0.39 is 17.6 Å². The molecule has 1 N–H and O–H groups in total. The molecule has 2 aliphatic rings. The molecule has 0 radical (unpaired) electrons. The summed E-state index contributed by atoms with van der Waals surface area (Å²) >= 11 is 0. The van der Waals surface area contributed by atoms with Crippen LogP contribution in [-0.2, 0) is 12.7 Å². The number of halogens is 3. The third-order valence-electron chi connectivity index (χ3n) is 5.39. The zero-order chi connectivity index (χ0) is 19.0. The second kappa shape index (κ2) is 7.02. The first-order chi connectivity index (χ1) is 12.9. The van der Waals surface area contributed by atoms with Gasteiger partial charge in [-0.1, -0.05) is 25.0 Å². The number of alkyl halides is 3. The van der Waals surface area contributed by atoms with Crippen LogP contribution in [0.15, 0.2) is 30.3 Å². The Kier molecular flexibility index (Phi) is 4.70. The summed E-state index contributed by atoms with van der Waals surface area (Å²) in [5.41, 5.74) is 0.642. The maximum Gasteiger partial charge on any atom is 0.417 e. The summed E-state index contributed by atoms with van der Waals surface area (Å²) in [4.78, 5) is 12.3. The highest BCUT2D eigenvalue weighted by atomic mass is 19.4. The topological polar surface area (TPSA) is 46.9 Å². The zero-order valence-corrected chi connectivity index (χ0v) is 14.9. The molecule has 1 amide bonds. The number of nitrogens with zero attached hydrogens (tertiary/aromatic N) is 2. The van der Waals surface area contributed by atoms with E-state index in [2.05, 4.69) is 15.1 Å². The van der Waals surface area contributed by atoms with Crippen LogP contribution in [0.2, 0.25) is 0 Å². The lowest BCUT2D eigenvalue weighted by atomic mass is 10.1. The fraction of sp³-hybridized carbons (Fsp3) is 0.500. The highest BCUT2D eigenvalue weighted by molar-refractivity contribution is 5.95. The number of amides is 1. The van der Waals surface area contributed by atoms with Crippen molar-refractivity contribution in [2.45, 2.75) is 63.2 Å². The third-order valence-corrected chi connectivity index (χ3v) is 5.39. The molecule has 0 atom stereocenters. The summed E-state index contributed by atoms with van der Waals surface area (Å²) in [6.07, 6.45) is 2.39. The maximum absolute atomic E-state index is 13.1. The van der Waals surface area contributed by atoms with Crippen LogP contribution in [0.3, 0.4) is 0 Å². The van der Waals surface area contributed by atoms with Gasteiger partial charge in [0.25, 0.3) is 5.91 Å². The zero-order valence-electron chi connectivity index (χ0n) is 14.9. The number of hydrogen-bond acceptors (Lipinski definition) is 2. The smallest absolute Gasteiger partial charge is 0.346 e. The minimum atomic E-state index is -4.56. The molecule has 2 fully saturated rings. The van der Waals surface area contributed by atoms with Gasteiger partial charge in [0.1, 0.15) is 0 Å². The van der Waals surface area contributed by atoms with Gasteiger partial charge in [-0.25, -0.2) is 0 Å². The van der Waals surface area contributed by atoms with Crippen LogP contribution >= 0.6 is 0 Å². The Hall–Kier alpha value is -2.31. The average molecular weight is 377 g/mol. The third kappa shape index (κ3) is 3.87. The molecule has 27 heavy (non-hydrogen) atoms. The van der Waals surface area contributed by atoms with Crippen LogP contribution in [0.4, 0.5) is 13.2 Å². The van der Waals surface area contributed by atoms with E-state index in [1.165, 1.54) is 36.7 Å². The molecular weight excluding hydrogens is 355 g/mol. The highest BCUT2D eigenvalue weighted by Gasteiger charge is 2.35. The Labute approximate surface area is 155 Å². The lowest BCUT2D eigenvalue weighted by molar-refractivity contribution is -0.137. The first-order valence-electron chi connectivity index (χ1n) is 9.46. The van der Waals surface area contributed by atoms with E-state index in [1.807, 2.05) is 6.07 Å². The van der Waals surface area contributed by atoms with Crippen molar-refractivity contribution in [3.63, 3.8) is 0 Å². The van der Waals surface area contributed by atoms with Gasteiger partial charge in [-0.2, -0.15) is 18.3 Å². The average Bonchev–Trinajstić information content (AvgIpc) is 3.18. The Bertz CT molecular complexity index is 833. The molecule has 0 spiro atoms. The van der Waals surface area contributed by atoms with Crippen molar-refractivity contribution in [2.75, 3.05) is 0 Å². The number of hydrogen-bond donors (Lipinski definition) is 1. The minimum absolute atomic E-state index is 0.129. The summed E-state index contributed by atoms with van der Waals surface area (Å²) in [5.74, 6) is -0.195. The minimum Gasteiger partial charge on any atom is -0.346 e. The van der Waals surface area contributed by atoms with Crippen LogP contribution in [-0.4, -0.2) is 15.7 Å². The molecule has 0 aliphatic heterocycles. The van der Waals surface area contributed by atoms with Crippen LogP contribution in [0, 0.1) is 0 Å². The highest BCUT2D eigenvalue weighted by Crippen LogP contribution is 2.43. The van der Waals surface area contributed by atoms with E-state index in [4.69, 9.17) is 0 Å². The number of aromatic nitrogens is 2. The quantitative estimate of drug-likeness (QED) is 0.812. The van der Waals surface area contributed by atoms with Crippen LogP contribution in [0.5, 0.6) is 0 Å². The SMILES string of the molecule is O=C(NCc1cc(C2CC2)n(C2CCCC2)n1)c1ccccc1C(F)(F)F. The van der Waals surface area contributed by atoms with Gasteiger partial charge in [-0.3, -0.25) is 9.48 Å². The Morgan fingerprint density at radius 2 is 1.85 bits per heavy atom. The number of nitrogens with one attached hydrogen (secondary N) is 1. The predicted octanol–water partition coefficient (Wildman–Crippen LogP) is 4.82. The Morgan fingerprint density at radius 1 is 1.15 bits per heavy atom. The van der Waals surface area contributed by atoms with Crippen LogP contribution in [0.1, 0.15) is 77.8 Å². The van der Waals surface area contributed by atoms with E-state index in [9.17, 15) is 18.0 Å². The monoisotopic (exact) mass is 377 g/mol. The van der Waals surface area contributed by atoms with Gasteiger partial charge in [0.2, 0.25) is 0 Å². The van der Waals surface area contributed by atoms with Crippen molar-refractivity contribution < 1.29 is 18.0 Å². The fourth-order valence-corrected chi connectivity index (χ4v) is 3.87.